The Morgan fingerprint density at radius 2 is 2.00 bits per heavy atom. The van der Waals surface area contributed by atoms with Crippen LogP contribution >= 0.6 is 11.6 Å². The van der Waals surface area contributed by atoms with Gasteiger partial charge in [0.2, 0.25) is 0 Å². The number of carbonyl (C=O) groups is 1. The van der Waals surface area contributed by atoms with Gasteiger partial charge in [0.1, 0.15) is 10.6 Å². The van der Waals surface area contributed by atoms with Gasteiger partial charge in [0.05, 0.1) is 12.2 Å². The lowest BCUT2D eigenvalue weighted by molar-refractivity contribution is 0.110. The van der Waals surface area contributed by atoms with E-state index in [1.54, 1.807) is 6.92 Å². The molecule has 3 aliphatic rings. The zero-order chi connectivity index (χ0) is 23.1. The summed E-state index contributed by atoms with van der Waals surface area (Å²) in [6.45, 7) is 2.15. The normalized spacial score (nSPS) is 27.2. The Labute approximate surface area is 191 Å². The van der Waals surface area contributed by atoms with E-state index < -0.39 is 32.1 Å². The van der Waals surface area contributed by atoms with Crippen LogP contribution in [0.2, 0.25) is 0 Å². The predicted octanol–water partition coefficient (Wildman–Crippen LogP) is 4.26. The summed E-state index contributed by atoms with van der Waals surface area (Å²) >= 11 is 6.02. The highest BCUT2D eigenvalue weighted by Gasteiger charge is 2.60. The second-order valence-electron chi connectivity index (χ2n) is 8.36. The van der Waals surface area contributed by atoms with Crippen LogP contribution in [0.15, 0.2) is 34.2 Å². The molecular weight excluding hydrogens is 462 g/mol. The standard InChI is InChI=1S/C22H25ClF2N2O4S/c1-2-26-21(28)27-15-9-10-22(32(29,30)16-5-3-14(23)4-6-16)13(11-15)12-31-20-18(25)8-7-17(24)19(20)22/h3,5,7-8,13,15H,2,4,6,9-12H2,1H3,(H2,26,27,28)/t13-,15-,22+/m1/s1. The van der Waals surface area contributed by atoms with Gasteiger partial charge in [0.25, 0.3) is 0 Å². The number of carbonyl (C=O) groups excluding carboxylic acids is 1. The molecule has 0 unspecified atom stereocenters. The fourth-order valence-corrected chi connectivity index (χ4v) is 7.79. The number of hydrogen-bond donors (Lipinski definition) is 2. The molecule has 1 aromatic rings. The zero-order valence-electron chi connectivity index (χ0n) is 17.6. The van der Waals surface area contributed by atoms with Crippen molar-refractivity contribution in [3.05, 3.63) is 51.4 Å². The molecule has 0 radical (unpaired) electrons. The number of nitrogens with one attached hydrogen (secondary N) is 2. The Kier molecular flexibility index (Phi) is 6.24. The van der Waals surface area contributed by atoms with Gasteiger partial charge in [-0.1, -0.05) is 11.6 Å². The topological polar surface area (TPSA) is 84.5 Å². The molecule has 0 spiro atoms. The van der Waals surface area contributed by atoms with Crippen molar-refractivity contribution >= 4 is 27.5 Å². The molecule has 174 valence electrons. The highest BCUT2D eigenvalue weighted by molar-refractivity contribution is 7.96. The van der Waals surface area contributed by atoms with Crippen molar-refractivity contribution in [2.75, 3.05) is 13.2 Å². The third kappa shape index (κ3) is 3.69. The molecule has 0 bridgehead atoms. The van der Waals surface area contributed by atoms with Crippen molar-refractivity contribution < 1.29 is 26.7 Å². The molecule has 1 fully saturated rings. The van der Waals surface area contributed by atoms with E-state index in [4.69, 9.17) is 16.3 Å². The number of ether oxygens (including phenoxy) is 1. The number of allylic oxidation sites excluding steroid dienone is 4. The van der Waals surface area contributed by atoms with Crippen molar-refractivity contribution in [2.45, 2.75) is 49.8 Å². The van der Waals surface area contributed by atoms with E-state index in [0.29, 0.717) is 24.4 Å². The maximum Gasteiger partial charge on any atom is 0.314 e. The molecule has 1 heterocycles. The van der Waals surface area contributed by atoms with Gasteiger partial charge in [-0.25, -0.2) is 22.0 Å². The molecule has 2 amide bonds. The van der Waals surface area contributed by atoms with Crippen LogP contribution in [0.3, 0.4) is 0 Å². The molecule has 1 aliphatic heterocycles. The smallest absolute Gasteiger partial charge is 0.314 e. The molecule has 2 N–H and O–H groups in total. The number of halogens is 3. The van der Waals surface area contributed by atoms with Crippen molar-refractivity contribution in [1.29, 1.82) is 0 Å². The molecule has 4 rings (SSSR count). The van der Waals surface area contributed by atoms with Gasteiger partial charge in [-0.05, 0) is 63.3 Å². The summed E-state index contributed by atoms with van der Waals surface area (Å²) in [5.74, 6) is -2.61. The third-order valence-electron chi connectivity index (χ3n) is 6.56. The predicted molar refractivity (Wildman–Crippen MR) is 117 cm³/mol. The number of urea groups is 1. The van der Waals surface area contributed by atoms with E-state index in [1.807, 2.05) is 0 Å². The maximum absolute atomic E-state index is 15.2. The van der Waals surface area contributed by atoms with Crippen molar-refractivity contribution in [2.24, 2.45) is 5.92 Å². The minimum atomic E-state index is -4.10. The first kappa shape index (κ1) is 23.0. The minimum Gasteiger partial charge on any atom is -0.490 e. The summed E-state index contributed by atoms with van der Waals surface area (Å²) in [6, 6.07) is 1.23. The lowest BCUT2D eigenvalue weighted by Crippen LogP contribution is -2.56. The lowest BCUT2D eigenvalue weighted by Gasteiger charge is -2.49. The highest BCUT2D eigenvalue weighted by Crippen LogP contribution is 2.57. The van der Waals surface area contributed by atoms with Gasteiger partial charge in [0.15, 0.2) is 21.4 Å². The summed E-state index contributed by atoms with van der Waals surface area (Å²) in [5.41, 5.74) is -0.244. The van der Waals surface area contributed by atoms with Gasteiger partial charge in [-0.15, -0.1) is 0 Å². The Morgan fingerprint density at radius 3 is 2.69 bits per heavy atom. The molecule has 2 aliphatic carbocycles. The first-order chi connectivity index (χ1) is 15.2. The summed E-state index contributed by atoms with van der Waals surface area (Å²) in [5, 5.41) is 6.04. The fraction of sp³-hybridized carbons (Fsp3) is 0.500. The SMILES string of the molecule is CCNC(=O)N[C@@H]1CC[C@@]2(S(=O)(=O)C3=CC=C(Cl)CC3)c3c(F)ccc(F)c3OC[C@H]2C1. The molecule has 1 saturated carbocycles. The number of hydrogen-bond acceptors (Lipinski definition) is 4. The summed E-state index contributed by atoms with van der Waals surface area (Å²) < 4.78 is 61.8. The molecule has 3 atom stereocenters. The lowest BCUT2D eigenvalue weighted by atomic mass is 9.71. The van der Waals surface area contributed by atoms with Crippen molar-refractivity contribution in [3.63, 3.8) is 0 Å². The van der Waals surface area contributed by atoms with Crippen LogP contribution in [0.4, 0.5) is 13.6 Å². The number of amides is 2. The van der Waals surface area contributed by atoms with Crippen LogP contribution in [-0.4, -0.2) is 33.6 Å². The molecule has 1 aromatic carbocycles. The summed E-state index contributed by atoms with van der Waals surface area (Å²) in [7, 11) is -4.10. The van der Waals surface area contributed by atoms with Gasteiger partial charge >= 0.3 is 6.03 Å². The summed E-state index contributed by atoms with van der Waals surface area (Å²) in [4.78, 5) is 12.2. The van der Waals surface area contributed by atoms with E-state index in [1.165, 1.54) is 12.2 Å². The van der Waals surface area contributed by atoms with E-state index in [-0.39, 0.29) is 54.2 Å². The van der Waals surface area contributed by atoms with Crippen LogP contribution in [0.1, 0.15) is 44.6 Å². The van der Waals surface area contributed by atoms with E-state index in [9.17, 15) is 17.6 Å². The molecule has 0 saturated heterocycles. The van der Waals surface area contributed by atoms with Crippen LogP contribution < -0.4 is 15.4 Å². The van der Waals surface area contributed by atoms with Gasteiger partial charge in [-0.3, -0.25) is 0 Å². The second kappa shape index (κ2) is 8.67. The quantitative estimate of drug-likeness (QED) is 0.666. The number of sulfone groups is 1. The number of rotatable bonds is 4. The average Bonchev–Trinajstić information content (AvgIpc) is 2.76. The first-order valence-corrected chi connectivity index (χ1v) is 12.5. The Balaban J connectivity index is 1.82. The van der Waals surface area contributed by atoms with Crippen molar-refractivity contribution in [3.8, 4) is 5.75 Å². The monoisotopic (exact) mass is 486 g/mol. The Hall–Kier alpha value is -2.13. The van der Waals surface area contributed by atoms with Crippen molar-refractivity contribution in [1.82, 2.24) is 10.6 Å². The molecule has 0 aromatic heterocycles. The average molecular weight is 487 g/mol. The van der Waals surface area contributed by atoms with Crippen LogP contribution in [0, 0.1) is 17.6 Å². The first-order valence-electron chi connectivity index (χ1n) is 10.7. The zero-order valence-corrected chi connectivity index (χ0v) is 19.2. The largest absolute Gasteiger partial charge is 0.490 e. The van der Waals surface area contributed by atoms with Crippen LogP contribution in [0.25, 0.3) is 0 Å². The number of fused-ring (bicyclic) bond motifs is 3. The molecule has 32 heavy (non-hydrogen) atoms. The van der Waals surface area contributed by atoms with Gasteiger partial charge in [-0.2, -0.15) is 0 Å². The van der Waals surface area contributed by atoms with E-state index >= 15 is 4.39 Å². The van der Waals surface area contributed by atoms with Gasteiger partial charge < -0.3 is 15.4 Å². The van der Waals surface area contributed by atoms with E-state index in [0.717, 1.165) is 12.1 Å². The number of benzene rings is 1. The summed E-state index contributed by atoms with van der Waals surface area (Å²) in [6.07, 6.45) is 4.14. The molecular formula is C22H25ClF2N2O4S. The molecule has 10 heteroatoms. The second-order valence-corrected chi connectivity index (χ2v) is 11.1. The third-order valence-corrected chi connectivity index (χ3v) is 9.61. The van der Waals surface area contributed by atoms with E-state index in [2.05, 4.69) is 10.6 Å². The van der Waals surface area contributed by atoms with Crippen LogP contribution in [0.5, 0.6) is 5.75 Å². The van der Waals surface area contributed by atoms with Crippen LogP contribution in [-0.2, 0) is 14.6 Å². The maximum atomic E-state index is 15.2. The van der Waals surface area contributed by atoms with Gasteiger partial charge in [0, 0.05) is 28.4 Å². The Bertz CT molecular complexity index is 1110. The Morgan fingerprint density at radius 1 is 1.25 bits per heavy atom. The fourth-order valence-electron chi connectivity index (χ4n) is 5.10. The molecule has 6 nitrogen and oxygen atoms in total. The minimum absolute atomic E-state index is 0.0303. The highest BCUT2D eigenvalue weighted by atomic mass is 35.5.